The van der Waals surface area contributed by atoms with Crippen molar-refractivity contribution >= 4 is 17.0 Å². The molecule has 0 amide bonds. The summed E-state index contributed by atoms with van der Waals surface area (Å²) in [6.45, 7) is 4.94. The van der Waals surface area contributed by atoms with Gasteiger partial charge in [-0.1, -0.05) is 19.4 Å². The van der Waals surface area contributed by atoms with E-state index in [1.807, 2.05) is 18.3 Å². The van der Waals surface area contributed by atoms with Gasteiger partial charge in [0.15, 0.2) is 0 Å². The molecule has 0 fully saturated rings. The Bertz CT molecular complexity index is 537. The third-order valence-electron chi connectivity index (χ3n) is 2.85. The zero-order chi connectivity index (χ0) is 13.7. The monoisotopic (exact) mass is 276 g/mol. The van der Waals surface area contributed by atoms with E-state index in [1.165, 1.54) is 10.4 Å². The van der Waals surface area contributed by atoms with E-state index in [2.05, 4.69) is 24.9 Å². The molecule has 19 heavy (non-hydrogen) atoms. The molecule has 1 aromatic heterocycles. The summed E-state index contributed by atoms with van der Waals surface area (Å²) in [5.74, 6) is 0.785. The van der Waals surface area contributed by atoms with E-state index in [1.54, 1.807) is 11.3 Å². The van der Waals surface area contributed by atoms with E-state index < -0.39 is 0 Å². The smallest absolute Gasteiger partial charge is 0.142 e. The number of nitrogens with zero attached hydrogens (tertiary/aromatic N) is 1. The molecule has 0 radical (unpaired) electrons. The summed E-state index contributed by atoms with van der Waals surface area (Å²) in [6.07, 6.45) is 4.92. The number of hydrogen-bond donors (Lipinski definition) is 1. The molecular weight excluding hydrogens is 256 g/mol. The first-order chi connectivity index (χ1) is 9.19. The van der Waals surface area contributed by atoms with Crippen LogP contribution in [0.1, 0.15) is 35.2 Å². The maximum atomic E-state index is 6.02. The third-order valence-corrected chi connectivity index (χ3v) is 3.77. The van der Waals surface area contributed by atoms with Gasteiger partial charge in [0.25, 0.3) is 0 Å². The number of unbranched alkanes of at least 4 members (excludes halogenated alkanes) is 1. The normalized spacial score (nSPS) is 10.6. The molecule has 0 unspecified atom stereocenters. The van der Waals surface area contributed by atoms with Crippen molar-refractivity contribution in [3.05, 3.63) is 39.8 Å². The standard InChI is InChI=1S/C15H20N2OS/c1-3-4-7-18-14-6-5-12(8-13(14)16)9-15-17-10-11(2)19-15/h5-6,8,10H,3-4,7,9,16H2,1-2H3. The first kappa shape index (κ1) is 13.9. The first-order valence-electron chi connectivity index (χ1n) is 6.61. The maximum Gasteiger partial charge on any atom is 0.142 e. The number of aryl methyl sites for hydroxylation is 1. The molecule has 3 nitrogen and oxygen atoms in total. The molecule has 0 bridgehead atoms. The Morgan fingerprint density at radius 2 is 2.21 bits per heavy atom. The number of nitrogens with two attached hydrogens (primary N) is 1. The van der Waals surface area contributed by atoms with Crippen LogP contribution in [0.5, 0.6) is 5.75 Å². The Balaban J connectivity index is 2.01. The zero-order valence-corrected chi connectivity index (χ0v) is 12.3. The second-order valence-electron chi connectivity index (χ2n) is 4.62. The predicted octanol–water partition coefficient (Wildman–Crippen LogP) is 3.80. The van der Waals surface area contributed by atoms with Gasteiger partial charge in [0.05, 0.1) is 17.3 Å². The van der Waals surface area contributed by atoms with Crippen LogP contribution in [0.25, 0.3) is 0 Å². The van der Waals surface area contributed by atoms with Gasteiger partial charge in [-0.05, 0) is 31.0 Å². The molecule has 2 aromatic rings. The fourth-order valence-corrected chi connectivity index (χ4v) is 2.64. The number of rotatable bonds is 6. The molecule has 1 heterocycles. The van der Waals surface area contributed by atoms with Crippen LogP contribution in [0, 0.1) is 6.92 Å². The van der Waals surface area contributed by atoms with Crippen LogP contribution in [-0.2, 0) is 6.42 Å². The molecule has 2 N–H and O–H groups in total. The lowest BCUT2D eigenvalue weighted by atomic mass is 10.1. The molecule has 0 aliphatic rings. The molecule has 0 saturated carbocycles. The van der Waals surface area contributed by atoms with Gasteiger partial charge in [0.2, 0.25) is 0 Å². The van der Waals surface area contributed by atoms with E-state index in [0.29, 0.717) is 5.69 Å². The van der Waals surface area contributed by atoms with E-state index in [0.717, 1.165) is 36.6 Å². The highest BCUT2D eigenvalue weighted by atomic mass is 32.1. The minimum Gasteiger partial charge on any atom is -0.491 e. The second-order valence-corrected chi connectivity index (χ2v) is 5.93. The summed E-state index contributed by atoms with van der Waals surface area (Å²) in [6, 6.07) is 6.01. The molecule has 0 saturated heterocycles. The van der Waals surface area contributed by atoms with Crippen LogP contribution in [0.2, 0.25) is 0 Å². The Morgan fingerprint density at radius 3 is 2.84 bits per heavy atom. The lowest BCUT2D eigenvalue weighted by Gasteiger charge is -2.09. The molecule has 2 rings (SSSR count). The van der Waals surface area contributed by atoms with Crippen molar-refractivity contribution < 1.29 is 4.74 Å². The summed E-state index contributed by atoms with van der Waals surface area (Å²) in [7, 11) is 0. The van der Waals surface area contributed by atoms with Crippen LogP contribution >= 0.6 is 11.3 Å². The number of ether oxygens (including phenoxy) is 1. The van der Waals surface area contributed by atoms with Crippen molar-refractivity contribution in [3.8, 4) is 5.75 Å². The number of benzene rings is 1. The van der Waals surface area contributed by atoms with Gasteiger partial charge in [-0.2, -0.15) is 0 Å². The summed E-state index contributed by atoms with van der Waals surface area (Å²) in [5.41, 5.74) is 7.91. The Morgan fingerprint density at radius 1 is 1.37 bits per heavy atom. The topological polar surface area (TPSA) is 48.1 Å². The van der Waals surface area contributed by atoms with Crippen LogP contribution < -0.4 is 10.5 Å². The minimum absolute atomic E-state index is 0.710. The molecule has 0 aliphatic carbocycles. The average Bonchev–Trinajstić information content (AvgIpc) is 2.78. The van der Waals surface area contributed by atoms with Gasteiger partial charge in [-0.15, -0.1) is 11.3 Å². The zero-order valence-electron chi connectivity index (χ0n) is 11.5. The molecular formula is C15H20N2OS. The summed E-state index contributed by atoms with van der Waals surface area (Å²) in [5, 5.41) is 1.12. The highest BCUT2D eigenvalue weighted by Crippen LogP contribution is 2.25. The van der Waals surface area contributed by atoms with Crippen LogP contribution in [-0.4, -0.2) is 11.6 Å². The van der Waals surface area contributed by atoms with Crippen molar-refractivity contribution in [2.24, 2.45) is 0 Å². The van der Waals surface area contributed by atoms with Crippen molar-refractivity contribution in [3.63, 3.8) is 0 Å². The SMILES string of the molecule is CCCCOc1ccc(Cc2ncc(C)s2)cc1N. The van der Waals surface area contributed by atoms with Gasteiger partial charge in [-0.25, -0.2) is 4.98 Å². The lowest BCUT2D eigenvalue weighted by molar-refractivity contribution is 0.311. The molecule has 0 spiro atoms. The molecule has 0 atom stereocenters. The maximum absolute atomic E-state index is 6.02. The van der Waals surface area contributed by atoms with Gasteiger partial charge in [0.1, 0.15) is 5.75 Å². The van der Waals surface area contributed by atoms with Crippen molar-refractivity contribution in [1.29, 1.82) is 0 Å². The Kier molecular flexibility index (Phi) is 4.80. The average molecular weight is 276 g/mol. The van der Waals surface area contributed by atoms with Gasteiger partial charge in [-0.3, -0.25) is 0 Å². The summed E-state index contributed by atoms with van der Waals surface area (Å²) in [4.78, 5) is 5.61. The van der Waals surface area contributed by atoms with E-state index in [4.69, 9.17) is 10.5 Å². The second kappa shape index (κ2) is 6.57. The van der Waals surface area contributed by atoms with Crippen LogP contribution in [0.4, 0.5) is 5.69 Å². The number of hydrogen-bond acceptors (Lipinski definition) is 4. The fourth-order valence-electron chi connectivity index (χ4n) is 1.82. The lowest BCUT2D eigenvalue weighted by Crippen LogP contribution is -2.00. The minimum atomic E-state index is 0.710. The van der Waals surface area contributed by atoms with Crippen LogP contribution in [0.3, 0.4) is 0 Å². The van der Waals surface area contributed by atoms with E-state index in [-0.39, 0.29) is 0 Å². The quantitative estimate of drug-likeness (QED) is 0.645. The van der Waals surface area contributed by atoms with Gasteiger partial charge < -0.3 is 10.5 Å². The number of nitrogen functional groups attached to an aromatic ring is 1. The molecule has 0 aliphatic heterocycles. The van der Waals surface area contributed by atoms with Crippen molar-refractivity contribution in [2.45, 2.75) is 33.1 Å². The number of anilines is 1. The fraction of sp³-hybridized carbons (Fsp3) is 0.400. The van der Waals surface area contributed by atoms with E-state index in [9.17, 15) is 0 Å². The van der Waals surface area contributed by atoms with Crippen LogP contribution in [0.15, 0.2) is 24.4 Å². The molecule has 1 aromatic carbocycles. The number of aromatic nitrogens is 1. The molecule has 102 valence electrons. The predicted molar refractivity (Wildman–Crippen MR) is 80.9 cm³/mol. The third kappa shape index (κ3) is 3.96. The highest BCUT2D eigenvalue weighted by molar-refractivity contribution is 7.11. The first-order valence-corrected chi connectivity index (χ1v) is 7.43. The highest BCUT2D eigenvalue weighted by Gasteiger charge is 2.05. The summed E-state index contributed by atoms with van der Waals surface area (Å²) >= 11 is 1.73. The van der Waals surface area contributed by atoms with Crippen molar-refractivity contribution in [1.82, 2.24) is 4.98 Å². The molecule has 4 heteroatoms. The Hall–Kier alpha value is -1.55. The summed E-state index contributed by atoms with van der Waals surface area (Å²) < 4.78 is 5.65. The van der Waals surface area contributed by atoms with Gasteiger partial charge in [0, 0.05) is 17.5 Å². The van der Waals surface area contributed by atoms with Gasteiger partial charge >= 0.3 is 0 Å². The van der Waals surface area contributed by atoms with Crippen molar-refractivity contribution in [2.75, 3.05) is 12.3 Å². The largest absolute Gasteiger partial charge is 0.491 e. The number of thiazole rings is 1. The Labute approximate surface area is 118 Å². The van der Waals surface area contributed by atoms with E-state index >= 15 is 0 Å².